The Kier molecular flexibility index (Phi) is 4.62. The fraction of sp³-hybridized carbons (Fsp3) is 0.917. The van der Waals surface area contributed by atoms with Gasteiger partial charge in [0.1, 0.15) is 0 Å². The predicted molar refractivity (Wildman–Crippen MR) is 66.0 cm³/mol. The van der Waals surface area contributed by atoms with E-state index in [9.17, 15) is 4.79 Å². The van der Waals surface area contributed by atoms with Crippen molar-refractivity contribution in [2.75, 3.05) is 33.4 Å². The molecule has 5 heteroatoms. The number of ether oxygens (including phenoxy) is 1. The molecule has 17 heavy (non-hydrogen) atoms. The van der Waals surface area contributed by atoms with Crippen molar-refractivity contribution >= 4 is 6.03 Å². The molecule has 2 fully saturated rings. The van der Waals surface area contributed by atoms with Crippen LogP contribution in [0.4, 0.5) is 4.79 Å². The van der Waals surface area contributed by atoms with E-state index in [1.165, 1.54) is 0 Å². The standard InChI is InChI=1S/C12H23N3O2/c1-15-6-2-10(3-7-15)13-12(16)14-11-4-8-17-9-5-11/h10-11H,2-9H2,1H3,(H2,13,14,16). The van der Waals surface area contributed by atoms with Gasteiger partial charge in [-0.3, -0.25) is 0 Å². The molecule has 0 aromatic carbocycles. The quantitative estimate of drug-likeness (QED) is 0.742. The third-order valence-corrected chi connectivity index (χ3v) is 3.61. The van der Waals surface area contributed by atoms with E-state index in [1.54, 1.807) is 0 Å². The molecular weight excluding hydrogens is 218 g/mol. The summed E-state index contributed by atoms with van der Waals surface area (Å²) in [5, 5.41) is 6.10. The Labute approximate surface area is 103 Å². The molecule has 0 saturated carbocycles. The van der Waals surface area contributed by atoms with Gasteiger partial charge in [0.2, 0.25) is 0 Å². The maximum Gasteiger partial charge on any atom is 0.315 e. The third-order valence-electron chi connectivity index (χ3n) is 3.61. The van der Waals surface area contributed by atoms with Gasteiger partial charge in [0, 0.05) is 25.3 Å². The van der Waals surface area contributed by atoms with Crippen molar-refractivity contribution < 1.29 is 9.53 Å². The average Bonchev–Trinajstić information content (AvgIpc) is 2.33. The van der Waals surface area contributed by atoms with Crippen LogP contribution in [0.15, 0.2) is 0 Å². The highest BCUT2D eigenvalue weighted by atomic mass is 16.5. The van der Waals surface area contributed by atoms with E-state index in [4.69, 9.17) is 4.74 Å². The molecule has 98 valence electrons. The molecule has 2 aliphatic rings. The first kappa shape index (κ1) is 12.6. The Bertz CT molecular complexity index is 246. The van der Waals surface area contributed by atoms with Gasteiger partial charge in [-0.2, -0.15) is 0 Å². The lowest BCUT2D eigenvalue weighted by Gasteiger charge is -2.30. The first-order valence-corrected chi connectivity index (χ1v) is 6.57. The fourth-order valence-electron chi connectivity index (χ4n) is 2.41. The van der Waals surface area contributed by atoms with Gasteiger partial charge in [0.25, 0.3) is 0 Å². The van der Waals surface area contributed by atoms with Gasteiger partial charge in [-0.05, 0) is 45.8 Å². The van der Waals surface area contributed by atoms with Crippen LogP contribution in [0.25, 0.3) is 0 Å². The zero-order valence-corrected chi connectivity index (χ0v) is 10.6. The van der Waals surface area contributed by atoms with E-state index < -0.39 is 0 Å². The molecule has 0 unspecified atom stereocenters. The van der Waals surface area contributed by atoms with Crippen molar-refractivity contribution in [1.82, 2.24) is 15.5 Å². The molecule has 0 aromatic heterocycles. The van der Waals surface area contributed by atoms with E-state index in [-0.39, 0.29) is 12.1 Å². The van der Waals surface area contributed by atoms with Crippen molar-refractivity contribution in [3.63, 3.8) is 0 Å². The van der Waals surface area contributed by atoms with Gasteiger partial charge < -0.3 is 20.3 Å². The van der Waals surface area contributed by atoms with Gasteiger partial charge in [0.15, 0.2) is 0 Å². The van der Waals surface area contributed by atoms with Gasteiger partial charge in [-0.25, -0.2) is 4.79 Å². The summed E-state index contributed by atoms with van der Waals surface area (Å²) >= 11 is 0. The van der Waals surface area contributed by atoms with Crippen LogP contribution in [0, 0.1) is 0 Å². The second kappa shape index (κ2) is 6.21. The lowest BCUT2D eigenvalue weighted by Crippen LogP contribution is -2.50. The Morgan fingerprint density at radius 2 is 1.59 bits per heavy atom. The second-order valence-corrected chi connectivity index (χ2v) is 5.08. The Hall–Kier alpha value is -0.810. The van der Waals surface area contributed by atoms with Crippen LogP contribution in [0.3, 0.4) is 0 Å². The van der Waals surface area contributed by atoms with Crippen molar-refractivity contribution in [3.8, 4) is 0 Å². The minimum absolute atomic E-state index is 0.00791. The van der Waals surface area contributed by atoms with Gasteiger partial charge >= 0.3 is 6.03 Å². The molecule has 2 N–H and O–H groups in total. The lowest BCUT2D eigenvalue weighted by molar-refractivity contribution is 0.0798. The molecule has 2 heterocycles. The molecule has 2 rings (SSSR count). The fourth-order valence-corrected chi connectivity index (χ4v) is 2.41. The number of amides is 2. The summed E-state index contributed by atoms with van der Waals surface area (Å²) in [7, 11) is 2.12. The van der Waals surface area contributed by atoms with Crippen molar-refractivity contribution in [2.24, 2.45) is 0 Å². The highest BCUT2D eigenvalue weighted by molar-refractivity contribution is 5.74. The number of hydrogen-bond acceptors (Lipinski definition) is 3. The first-order chi connectivity index (χ1) is 8.24. The van der Waals surface area contributed by atoms with Crippen LogP contribution in [-0.4, -0.2) is 56.4 Å². The number of hydrogen-bond donors (Lipinski definition) is 2. The summed E-state index contributed by atoms with van der Waals surface area (Å²) in [4.78, 5) is 14.1. The highest BCUT2D eigenvalue weighted by Gasteiger charge is 2.20. The largest absolute Gasteiger partial charge is 0.381 e. The first-order valence-electron chi connectivity index (χ1n) is 6.57. The van der Waals surface area contributed by atoms with Crippen LogP contribution < -0.4 is 10.6 Å². The zero-order valence-electron chi connectivity index (χ0n) is 10.6. The molecule has 0 bridgehead atoms. The average molecular weight is 241 g/mol. The highest BCUT2D eigenvalue weighted by Crippen LogP contribution is 2.09. The topological polar surface area (TPSA) is 53.6 Å². The minimum Gasteiger partial charge on any atom is -0.381 e. The lowest BCUT2D eigenvalue weighted by atomic mass is 10.1. The molecular formula is C12H23N3O2. The second-order valence-electron chi connectivity index (χ2n) is 5.08. The van der Waals surface area contributed by atoms with E-state index >= 15 is 0 Å². The smallest absolute Gasteiger partial charge is 0.315 e. The van der Waals surface area contributed by atoms with Crippen molar-refractivity contribution in [1.29, 1.82) is 0 Å². The van der Waals surface area contributed by atoms with Crippen LogP contribution in [0.1, 0.15) is 25.7 Å². The van der Waals surface area contributed by atoms with Gasteiger partial charge in [-0.1, -0.05) is 0 Å². The molecule has 0 spiro atoms. The normalized spacial score (nSPS) is 24.5. The number of likely N-dealkylation sites (tertiary alicyclic amines) is 1. The Morgan fingerprint density at radius 3 is 2.18 bits per heavy atom. The van der Waals surface area contributed by atoms with Gasteiger partial charge in [0.05, 0.1) is 0 Å². The number of rotatable bonds is 2. The maximum absolute atomic E-state index is 11.8. The Balaban J connectivity index is 1.66. The van der Waals surface area contributed by atoms with E-state index in [0.29, 0.717) is 6.04 Å². The summed E-state index contributed by atoms with van der Waals surface area (Å²) < 4.78 is 5.27. The van der Waals surface area contributed by atoms with Gasteiger partial charge in [-0.15, -0.1) is 0 Å². The molecule has 0 aliphatic carbocycles. The summed E-state index contributed by atoms with van der Waals surface area (Å²) in [5.74, 6) is 0. The third kappa shape index (κ3) is 4.16. The van der Waals surface area contributed by atoms with E-state index in [1.807, 2.05) is 0 Å². The molecule has 2 amide bonds. The molecule has 5 nitrogen and oxygen atoms in total. The van der Waals surface area contributed by atoms with Crippen molar-refractivity contribution in [2.45, 2.75) is 37.8 Å². The number of nitrogens with zero attached hydrogens (tertiary/aromatic N) is 1. The Morgan fingerprint density at radius 1 is 1.06 bits per heavy atom. The summed E-state index contributed by atoms with van der Waals surface area (Å²) in [6, 6.07) is 0.618. The molecule has 2 saturated heterocycles. The molecule has 2 aliphatic heterocycles. The SMILES string of the molecule is CN1CCC(NC(=O)NC2CCOCC2)CC1. The van der Waals surface area contributed by atoms with E-state index in [2.05, 4.69) is 22.6 Å². The zero-order chi connectivity index (χ0) is 12.1. The van der Waals surface area contributed by atoms with Crippen LogP contribution in [0.5, 0.6) is 0 Å². The number of carbonyl (C=O) groups excluding carboxylic acids is 1. The van der Waals surface area contributed by atoms with Crippen LogP contribution in [0.2, 0.25) is 0 Å². The maximum atomic E-state index is 11.8. The number of urea groups is 1. The number of piperidine rings is 1. The summed E-state index contributed by atoms with van der Waals surface area (Å²) in [6.45, 7) is 3.67. The molecule has 0 aromatic rings. The number of carbonyl (C=O) groups is 1. The monoisotopic (exact) mass is 241 g/mol. The van der Waals surface area contributed by atoms with Crippen molar-refractivity contribution in [3.05, 3.63) is 0 Å². The van der Waals surface area contributed by atoms with Crippen LogP contribution in [-0.2, 0) is 4.74 Å². The minimum atomic E-state index is -0.00791. The molecule has 0 atom stereocenters. The molecule has 0 radical (unpaired) electrons. The predicted octanol–water partition coefficient (Wildman–Crippen LogP) is 0.559. The summed E-state index contributed by atoms with van der Waals surface area (Å²) in [6.07, 6.45) is 3.97. The summed E-state index contributed by atoms with van der Waals surface area (Å²) in [5.41, 5.74) is 0. The van der Waals surface area contributed by atoms with E-state index in [0.717, 1.165) is 52.0 Å². The van der Waals surface area contributed by atoms with Crippen LogP contribution >= 0.6 is 0 Å². The number of nitrogens with one attached hydrogen (secondary N) is 2.